The number of nitrogens with zero attached hydrogens (tertiary/aromatic N) is 2. The van der Waals surface area contributed by atoms with Gasteiger partial charge < -0.3 is 10.0 Å². The predicted molar refractivity (Wildman–Crippen MR) is 86.2 cm³/mol. The molecule has 4 nitrogen and oxygen atoms in total. The van der Waals surface area contributed by atoms with Gasteiger partial charge in [-0.3, -0.25) is 9.69 Å². The Labute approximate surface area is 130 Å². The van der Waals surface area contributed by atoms with Crippen molar-refractivity contribution in [1.29, 1.82) is 0 Å². The van der Waals surface area contributed by atoms with Gasteiger partial charge in [-0.25, -0.2) is 0 Å². The van der Waals surface area contributed by atoms with Gasteiger partial charge in [0.2, 0.25) is 5.91 Å². The van der Waals surface area contributed by atoms with Gasteiger partial charge in [-0.05, 0) is 37.3 Å². The Morgan fingerprint density at radius 3 is 2.90 bits per heavy atom. The van der Waals surface area contributed by atoms with Crippen LogP contribution in [-0.2, 0) is 11.3 Å². The van der Waals surface area contributed by atoms with Crippen molar-refractivity contribution in [2.75, 3.05) is 26.7 Å². The molecule has 1 aromatic rings. The van der Waals surface area contributed by atoms with Gasteiger partial charge in [0.15, 0.2) is 0 Å². The molecule has 21 heavy (non-hydrogen) atoms. The van der Waals surface area contributed by atoms with Crippen LogP contribution in [0.1, 0.15) is 17.7 Å². The van der Waals surface area contributed by atoms with Crippen molar-refractivity contribution < 1.29 is 9.90 Å². The van der Waals surface area contributed by atoms with Gasteiger partial charge >= 0.3 is 0 Å². The fourth-order valence-electron chi connectivity index (χ4n) is 2.69. The highest BCUT2D eigenvalue weighted by molar-refractivity contribution is 7.09. The van der Waals surface area contributed by atoms with Crippen LogP contribution in [0.3, 0.4) is 0 Å². The molecule has 0 bridgehead atoms. The van der Waals surface area contributed by atoms with Crippen molar-refractivity contribution in [3.05, 3.63) is 35.0 Å². The van der Waals surface area contributed by atoms with Gasteiger partial charge in [-0.1, -0.05) is 12.1 Å². The van der Waals surface area contributed by atoms with Crippen LogP contribution in [0.25, 0.3) is 0 Å². The second-order valence-corrected chi connectivity index (χ2v) is 6.86. The smallest absolute Gasteiger partial charge is 0.237 e. The third-order valence-corrected chi connectivity index (χ3v) is 4.68. The predicted octanol–water partition coefficient (Wildman–Crippen LogP) is 1.97. The van der Waals surface area contributed by atoms with Crippen molar-refractivity contribution in [2.24, 2.45) is 5.92 Å². The van der Waals surface area contributed by atoms with Crippen molar-refractivity contribution >= 4 is 17.2 Å². The first-order chi connectivity index (χ1) is 10.1. The van der Waals surface area contributed by atoms with Crippen LogP contribution in [0.2, 0.25) is 0 Å². The van der Waals surface area contributed by atoms with Crippen LogP contribution in [0.15, 0.2) is 30.2 Å². The molecular formula is C16H24N2O2S. The lowest BCUT2D eigenvalue weighted by Crippen LogP contribution is -2.42. The number of aliphatic hydroxyl groups excluding tert-OH is 1. The van der Waals surface area contributed by atoms with Crippen LogP contribution in [0.5, 0.6) is 0 Å². The molecule has 5 heteroatoms. The fraction of sp³-hybridized carbons (Fsp3) is 0.562. The third kappa shape index (κ3) is 4.95. The molecule has 2 rings (SSSR count). The molecule has 1 N–H and O–H groups in total. The lowest BCUT2D eigenvalue weighted by atomic mass is 9.82. The number of hydrogen-bond acceptors (Lipinski definition) is 4. The van der Waals surface area contributed by atoms with Crippen molar-refractivity contribution in [2.45, 2.75) is 25.5 Å². The van der Waals surface area contributed by atoms with Crippen molar-refractivity contribution in [3.8, 4) is 0 Å². The number of likely N-dealkylation sites (N-methyl/N-ethyl adjacent to an activating group) is 1. The van der Waals surface area contributed by atoms with Gasteiger partial charge in [-0.2, -0.15) is 0 Å². The number of hydrogen-bond donors (Lipinski definition) is 1. The molecular weight excluding hydrogens is 284 g/mol. The number of carbonyl (C=O) groups excluding carboxylic acids is 1. The first kappa shape index (κ1) is 16.2. The van der Waals surface area contributed by atoms with Crippen molar-refractivity contribution in [1.82, 2.24) is 9.80 Å². The SMILES string of the molecule is C=CCN(Cc1cccs1)C(=O)CN(C)CC1CC(O)C1. The average Bonchev–Trinajstić information content (AvgIpc) is 2.89. The van der Waals surface area contributed by atoms with Gasteiger partial charge in [0.1, 0.15) is 0 Å². The molecule has 1 saturated carbocycles. The molecule has 0 unspecified atom stereocenters. The zero-order valence-corrected chi connectivity index (χ0v) is 13.4. The molecule has 0 spiro atoms. The first-order valence-electron chi connectivity index (χ1n) is 7.36. The summed E-state index contributed by atoms with van der Waals surface area (Å²) in [6.45, 7) is 6.27. The minimum absolute atomic E-state index is 0.129. The normalized spacial score (nSPS) is 21.1. The molecule has 1 aromatic heterocycles. The minimum atomic E-state index is -0.129. The number of amides is 1. The van der Waals surface area contributed by atoms with E-state index in [2.05, 4.69) is 11.5 Å². The molecule has 0 radical (unpaired) electrons. The van der Waals surface area contributed by atoms with E-state index in [9.17, 15) is 9.90 Å². The van der Waals surface area contributed by atoms with E-state index in [1.165, 1.54) is 4.88 Å². The lowest BCUT2D eigenvalue weighted by molar-refractivity contribution is -0.132. The second kappa shape index (κ2) is 7.73. The summed E-state index contributed by atoms with van der Waals surface area (Å²) in [6.07, 6.45) is 3.37. The molecule has 0 atom stereocenters. The van der Waals surface area contributed by atoms with Crippen LogP contribution in [-0.4, -0.2) is 53.6 Å². The summed E-state index contributed by atoms with van der Waals surface area (Å²) in [4.78, 5) is 17.5. The highest BCUT2D eigenvalue weighted by atomic mass is 32.1. The van der Waals surface area contributed by atoms with E-state index in [0.717, 1.165) is 19.4 Å². The molecule has 1 aliphatic carbocycles. The van der Waals surface area contributed by atoms with Crippen LogP contribution in [0.4, 0.5) is 0 Å². The summed E-state index contributed by atoms with van der Waals surface area (Å²) in [5, 5.41) is 11.3. The van der Waals surface area contributed by atoms with Gasteiger partial charge in [0.05, 0.1) is 19.2 Å². The molecule has 116 valence electrons. The fourth-order valence-corrected chi connectivity index (χ4v) is 3.41. The monoisotopic (exact) mass is 308 g/mol. The average molecular weight is 308 g/mol. The zero-order valence-electron chi connectivity index (χ0n) is 12.6. The van der Waals surface area contributed by atoms with E-state index in [-0.39, 0.29) is 12.0 Å². The van der Waals surface area contributed by atoms with Crippen LogP contribution >= 0.6 is 11.3 Å². The molecule has 0 aliphatic heterocycles. The maximum atomic E-state index is 12.4. The highest BCUT2D eigenvalue weighted by Gasteiger charge is 2.28. The number of aliphatic hydroxyl groups is 1. The van der Waals surface area contributed by atoms with Gasteiger partial charge in [0.25, 0.3) is 0 Å². The summed E-state index contributed by atoms with van der Waals surface area (Å²) >= 11 is 1.67. The van der Waals surface area contributed by atoms with E-state index in [1.807, 2.05) is 29.5 Å². The maximum Gasteiger partial charge on any atom is 0.237 e. The largest absolute Gasteiger partial charge is 0.393 e. The van der Waals surface area contributed by atoms with Crippen LogP contribution < -0.4 is 0 Å². The standard InChI is InChI=1S/C16H24N2O2S/c1-3-6-18(11-15-5-4-7-21-15)16(20)12-17(2)10-13-8-14(19)9-13/h3-5,7,13-14,19H,1,6,8-12H2,2H3. The molecule has 0 aromatic carbocycles. The molecule has 1 heterocycles. The summed E-state index contributed by atoms with van der Waals surface area (Å²) in [5.41, 5.74) is 0. The van der Waals surface area contributed by atoms with E-state index < -0.39 is 0 Å². The Balaban J connectivity index is 1.81. The quantitative estimate of drug-likeness (QED) is 0.747. The van der Waals surface area contributed by atoms with Gasteiger partial charge in [0, 0.05) is 18.0 Å². The van der Waals surface area contributed by atoms with Crippen LogP contribution in [0, 0.1) is 5.92 Å². The molecule has 1 fully saturated rings. The van der Waals surface area contributed by atoms with E-state index >= 15 is 0 Å². The molecule has 0 saturated heterocycles. The topological polar surface area (TPSA) is 43.8 Å². The highest BCUT2D eigenvalue weighted by Crippen LogP contribution is 2.27. The van der Waals surface area contributed by atoms with Gasteiger partial charge in [-0.15, -0.1) is 17.9 Å². The minimum Gasteiger partial charge on any atom is -0.393 e. The number of carbonyl (C=O) groups is 1. The Morgan fingerprint density at radius 1 is 1.57 bits per heavy atom. The summed E-state index contributed by atoms with van der Waals surface area (Å²) in [7, 11) is 1.97. The summed E-state index contributed by atoms with van der Waals surface area (Å²) in [6, 6.07) is 4.05. The molecule has 1 amide bonds. The Kier molecular flexibility index (Phi) is 5.96. The Morgan fingerprint density at radius 2 is 2.33 bits per heavy atom. The Hall–Kier alpha value is -1.17. The molecule has 1 aliphatic rings. The van der Waals surface area contributed by atoms with E-state index in [4.69, 9.17) is 0 Å². The van der Waals surface area contributed by atoms with E-state index in [0.29, 0.717) is 25.6 Å². The van der Waals surface area contributed by atoms with Crippen molar-refractivity contribution in [3.63, 3.8) is 0 Å². The summed E-state index contributed by atoms with van der Waals surface area (Å²) < 4.78 is 0. The third-order valence-electron chi connectivity index (χ3n) is 3.81. The first-order valence-corrected chi connectivity index (χ1v) is 8.24. The zero-order chi connectivity index (χ0) is 15.2. The Bertz CT molecular complexity index is 455. The maximum absolute atomic E-state index is 12.4. The lowest BCUT2D eigenvalue weighted by Gasteiger charge is -2.34. The number of thiophene rings is 1. The second-order valence-electron chi connectivity index (χ2n) is 5.83. The number of rotatable bonds is 8. The van der Waals surface area contributed by atoms with E-state index in [1.54, 1.807) is 17.4 Å². The summed E-state index contributed by atoms with van der Waals surface area (Å²) in [5.74, 6) is 0.661.